The lowest BCUT2D eigenvalue weighted by Gasteiger charge is -2.42. The maximum atomic E-state index is 12.7. The van der Waals surface area contributed by atoms with Gasteiger partial charge in [0.05, 0.1) is 0 Å². The van der Waals surface area contributed by atoms with Crippen molar-refractivity contribution in [3.63, 3.8) is 0 Å². The number of nitrogens with zero attached hydrogens (tertiary/aromatic N) is 3. The van der Waals surface area contributed by atoms with Crippen LogP contribution in [-0.2, 0) is 0 Å². The number of piperidine rings is 1. The van der Waals surface area contributed by atoms with Crippen LogP contribution < -0.4 is 10.2 Å². The highest BCUT2D eigenvalue weighted by Gasteiger charge is 2.32. The zero-order valence-corrected chi connectivity index (χ0v) is 15.7. The Morgan fingerprint density at radius 2 is 2.07 bits per heavy atom. The van der Waals surface area contributed by atoms with Gasteiger partial charge in [0, 0.05) is 55.3 Å². The first-order valence-corrected chi connectivity index (χ1v) is 9.39. The zero-order chi connectivity index (χ0) is 18.8. The molecule has 2 amide bonds. The van der Waals surface area contributed by atoms with Crippen molar-refractivity contribution < 1.29 is 4.79 Å². The Hall–Kier alpha value is -3.02. The summed E-state index contributed by atoms with van der Waals surface area (Å²) in [5.41, 5.74) is 2.86. The molecule has 0 saturated carbocycles. The zero-order valence-electron chi connectivity index (χ0n) is 15.7. The summed E-state index contributed by atoms with van der Waals surface area (Å²) in [5.74, 6) is 0.498. The lowest BCUT2D eigenvalue weighted by molar-refractivity contribution is 0.172. The molecule has 1 fully saturated rings. The van der Waals surface area contributed by atoms with Crippen molar-refractivity contribution in [2.45, 2.75) is 19.4 Å². The van der Waals surface area contributed by atoms with E-state index in [4.69, 9.17) is 0 Å². The summed E-state index contributed by atoms with van der Waals surface area (Å²) in [5, 5.41) is 4.11. The highest BCUT2D eigenvalue weighted by Crippen LogP contribution is 2.30. The van der Waals surface area contributed by atoms with Crippen LogP contribution in [0.25, 0.3) is 11.0 Å². The molecule has 3 heterocycles. The lowest BCUT2D eigenvalue weighted by Crippen LogP contribution is -2.53. The SMILES string of the molecule is C[C@@H]1CCN(C(=O)Nc2ccccc2)C[C@@H]1N(C)c1ccnc2[nH]ccc12. The van der Waals surface area contributed by atoms with Crippen molar-refractivity contribution >= 4 is 28.4 Å². The van der Waals surface area contributed by atoms with Crippen LogP contribution in [0.5, 0.6) is 0 Å². The van der Waals surface area contributed by atoms with Crippen LogP contribution in [0.3, 0.4) is 0 Å². The lowest BCUT2D eigenvalue weighted by atomic mass is 9.92. The first-order chi connectivity index (χ1) is 13.1. The van der Waals surface area contributed by atoms with Crippen LogP contribution in [0.2, 0.25) is 0 Å². The number of pyridine rings is 1. The number of likely N-dealkylation sites (tertiary alicyclic amines) is 1. The Morgan fingerprint density at radius 1 is 1.26 bits per heavy atom. The Morgan fingerprint density at radius 3 is 2.89 bits per heavy atom. The maximum absolute atomic E-state index is 12.7. The minimum absolute atomic E-state index is 0.0342. The molecule has 2 N–H and O–H groups in total. The number of para-hydroxylation sites is 1. The van der Waals surface area contributed by atoms with Crippen molar-refractivity contribution in [2.24, 2.45) is 5.92 Å². The van der Waals surface area contributed by atoms with Crippen molar-refractivity contribution in [1.82, 2.24) is 14.9 Å². The van der Waals surface area contributed by atoms with Gasteiger partial charge < -0.3 is 20.1 Å². The van der Waals surface area contributed by atoms with E-state index in [0.717, 1.165) is 35.4 Å². The Bertz CT molecular complexity index is 922. The summed E-state index contributed by atoms with van der Waals surface area (Å²) >= 11 is 0. The summed E-state index contributed by atoms with van der Waals surface area (Å²) in [4.78, 5) is 24.5. The number of carbonyl (C=O) groups is 1. The standard InChI is InChI=1S/C21H25N5O/c1-15-10-13-26(21(27)24-16-6-4-3-5-7-16)14-19(15)25(2)18-9-12-23-20-17(18)8-11-22-20/h3-9,11-12,15,19H,10,13-14H2,1-2H3,(H,22,23)(H,24,27)/t15-,19+/m1/s1. The Balaban J connectivity index is 1.52. The van der Waals surface area contributed by atoms with Crippen LogP contribution >= 0.6 is 0 Å². The summed E-state index contributed by atoms with van der Waals surface area (Å²) in [6.45, 7) is 3.74. The number of benzene rings is 1. The highest BCUT2D eigenvalue weighted by molar-refractivity contribution is 5.90. The fourth-order valence-corrected chi connectivity index (χ4v) is 3.89. The quantitative estimate of drug-likeness (QED) is 0.741. The molecule has 6 nitrogen and oxygen atoms in total. The highest BCUT2D eigenvalue weighted by atomic mass is 16.2. The molecule has 0 unspecified atom stereocenters. The van der Waals surface area contributed by atoms with Gasteiger partial charge in [-0.05, 0) is 36.6 Å². The largest absolute Gasteiger partial charge is 0.369 e. The Kier molecular flexibility index (Phi) is 4.71. The molecule has 2 aromatic heterocycles. The maximum Gasteiger partial charge on any atom is 0.321 e. The van der Waals surface area contributed by atoms with E-state index in [2.05, 4.69) is 40.2 Å². The van der Waals surface area contributed by atoms with Crippen LogP contribution in [0.1, 0.15) is 13.3 Å². The fraction of sp³-hybridized carbons (Fsp3) is 0.333. The van der Waals surface area contributed by atoms with Gasteiger partial charge in [-0.1, -0.05) is 25.1 Å². The molecule has 3 aromatic rings. The number of anilines is 2. The number of aromatic amines is 1. The number of amides is 2. The molecule has 140 valence electrons. The van der Waals surface area contributed by atoms with E-state index in [9.17, 15) is 4.79 Å². The van der Waals surface area contributed by atoms with Crippen LogP contribution in [-0.4, -0.2) is 47.1 Å². The number of fused-ring (bicyclic) bond motifs is 1. The van der Waals surface area contributed by atoms with Crippen molar-refractivity contribution in [3.05, 3.63) is 54.9 Å². The van der Waals surface area contributed by atoms with E-state index in [1.165, 1.54) is 0 Å². The van der Waals surface area contributed by atoms with Gasteiger partial charge in [-0.15, -0.1) is 0 Å². The van der Waals surface area contributed by atoms with E-state index in [-0.39, 0.29) is 12.1 Å². The number of aromatic nitrogens is 2. The van der Waals surface area contributed by atoms with Gasteiger partial charge >= 0.3 is 6.03 Å². The Labute approximate surface area is 159 Å². The summed E-state index contributed by atoms with van der Waals surface area (Å²) in [7, 11) is 2.11. The van der Waals surface area contributed by atoms with Gasteiger partial charge in [-0.2, -0.15) is 0 Å². The number of hydrogen-bond acceptors (Lipinski definition) is 3. The van der Waals surface area contributed by atoms with Gasteiger partial charge in [0.15, 0.2) is 0 Å². The van der Waals surface area contributed by atoms with Gasteiger partial charge in [0.1, 0.15) is 5.65 Å². The van der Waals surface area contributed by atoms with Gasteiger partial charge in [0.25, 0.3) is 0 Å². The average molecular weight is 363 g/mol. The topological polar surface area (TPSA) is 64.3 Å². The van der Waals surface area contributed by atoms with Crippen LogP contribution in [0, 0.1) is 5.92 Å². The third kappa shape index (κ3) is 3.47. The molecular formula is C21H25N5O. The molecule has 0 radical (unpaired) electrons. The van der Waals surface area contributed by atoms with Gasteiger partial charge in [0.2, 0.25) is 0 Å². The predicted molar refractivity (Wildman–Crippen MR) is 109 cm³/mol. The van der Waals surface area contributed by atoms with Gasteiger partial charge in [-0.3, -0.25) is 0 Å². The minimum Gasteiger partial charge on any atom is -0.369 e. The summed E-state index contributed by atoms with van der Waals surface area (Å²) < 4.78 is 0. The van der Waals surface area contributed by atoms with E-state index < -0.39 is 0 Å². The molecular weight excluding hydrogens is 338 g/mol. The first-order valence-electron chi connectivity index (χ1n) is 9.39. The molecule has 27 heavy (non-hydrogen) atoms. The third-order valence-electron chi connectivity index (χ3n) is 5.55. The number of hydrogen-bond donors (Lipinski definition) is 2. The predicted octanol–water partition coefficient (Wildman–Crippen LogP) is 3.94. The molecule has 2 atom stereocenters. The number of carbonyl (C=O) groups excluding carboxylic acids is 1. The molecule has 4 rings (SSSR count). The molecule has 6 heteroatoms. The monoisotopic (exact) mass is 363 g/mol. The third-order valence-corrected chi connectivity index (χ3v) is 5.55. The molecule has 0 bridgehead atoms. The molecule has 1 saturated heterocycles. The number of rotatable bonds is 3. The number of nitrogens with one attached hydrogen (secondary N) is 2. The summed E-state index contributed by atoms with van der Waals surface area (Å²) in [6, 6.07) is 13.9. The second-order valence-corrected chi connectivity index (χ2v) is 7.26. The number of urea groups is 1. The minimum atomic E-state index is -0.0342. The number of likely N-dealkylation sites (N-methyl/N-ethyl adjacent to an activating group) is 1. The smallest absolute Gasteiger partial charge is 0.321 e. The second-order valence-electron chi connectivity index (χ2n) is 7.26. The number of H-pyrrole nitrogens is 1. The fourth-order valence-electron chi connectivity index (χ4n) is 3.89. The van der Waals surface area contributed by atoms with E-state index in [1.54, 1.807) is 0 Å². The molecule has 0 spiro atoms. The molecule has 0 aliphatic carbocycles. The molecule has 1 aromatic carbocycles. The van der Waals surface area contributed by atoms with E-state index >= 15 is 0 Å². The summed E-state index contributed by atoms with van der Waals surface area (Å²) in [6.07, 6.45) is 4.73. The molecule has 1 aliphatic heterocycles. The van der Waals surface area contributed by atoms with Crippen LogP contribution in [0.4, 0.5) is 16.2 Å². The van der Waals surface area contributed by atoms with Crippen molar-refractivity contribution in [2.75, 3.05) is 30.4 Å². The van der Waals surface area contributed by atoms with E-state index in [0.29, 0.717) is 12.5 Å². The second kappa shape index (κ2) is 7.31. The van der Waals surface area contributed by atoms with Gasteiger partial charge in [-0.25, -0.2) is 9.78 Å². The normalized spacial score (nSPS) is 19.9. The average Bonchev–Trinajstić information content (AvgIpc) is 3.17. The van der Waals surface area contributed by atoms with Crippen molar-refractivity contribution in [1.29, 1.82) is 0 Å². The van der Waals surface area contributed by atoms with E-state index in [1.807, 2.05) is 53.7 Å². The first kappa shape index (κ1) is 17.4. The van der Waals surface area contributed by atoms with Crippen LogP contribution in [0.15, 0.2) is 54.9 Å². The molecule has 1 aliphatic rings. The van der Waals surface area contributed by atoms with Crippen molar-refractivity contribution in [3.8, 4) is 0 Å².